The molecule has 5 rings (SSSR count). The van der Waals surface area contributed by atoms with E-state index < -0.39 is 29.1 Å². The van der Waals surface area contributed by atoms with Gasteiger partial charge in [0.1, 0.15) is 11.2 Å². The van der Waals surface area contributed by atoms with Crippen LogP contribution in [0.25, 0.3) is 0 Å². The van der Waals surface area contributed by atoms with Crippen LogP contribution in [0.4, 0.5) is 18.9 Å². The zero-order chi connectivity index (χ0) is 25.0. The summed E-state index contributed by atoms with van der Waals surface area (Å²) in [7, 11) is 0. The molecule has 186 valence electrons. The fourth-order valence-electron chi connectivity index (χ4n) is 5.10. The number of amides is 3. The molecular weight excluding hydrogens is 463 g/mol. The first-order valence-electron chi connectivity index (χ1n) is 11.8. The van der Waals surface area contributed by atoms with Crippen molar-refractivity contribution in [3.8, 4) is 0 Å². The van der Waals surface area contributed by atoms with Gasteiger partial charge in [-0.25, -0.2) is 4.98 Å². The van der Waals surface area contributed by atoms with Crippen LogP contribution in [-0.2, 0) is 17.5 Å². The third-order valence-corrected chi connectivity index (χ3v) is 7.02. The lowest BCUT2D eigenvalue weighted by Crippen LogP contribution is -2.65. The average Bonchev–Trinajstić information content (AvgIpc) is 3.30. The van der Waals surface area contributed by atoms with Crippen LogP contribution in [0.2, 0.25) is 0 Å². The number of nitrogens with zero attached hydrogens (tertiary/aromatic N) is 3. The second-order valence-electron chi connectivity index (χ2n) is 9.74. The van der Waals surface area contributed by atoms with Crippen LogP contribution in [-0.4, -0.2) is 49.8 Å². The number of benzene rings is 1. The molecule has 0 spiro atoms. The molecule has 0 saturated heterocycles. The van der Waals surface area contributed by atoms with Crippen molar-refractivity contribution in [1.82, 2.24) is 19.8 Å². The fraction of sp³-hybridized carbons (Fsp3) is 0.500. The average molecular weight is 489 g/mol. The van der Waals surface area contributed by atoms with Crippen LogP contribution in [0, 0.1) is 0 Å². The van der Waals surface area contributed by atoms with Crippen molar-refractivity contribution in [2.24, 2.45) is 0 Å². The van der Waals surface area contributed by atoms with Crippen molar-refractivity contribution >= 4 is 23.4 Å². The molecule has 3 aliphatic rings. The minimum atomic E-state index is -4.56. The Balaban J connectivity index is 1.42. The Morgan fingerprint density at radius 1 is 1.14 bits per heavy atom. The summed E-state index contributed by atoms with van der Waals surface area (Å²) in [5, 5.41) is 5.51. The van der Waals surface area contributed by atoms with Crippen LogP contribution in [0.15, 0.2) is 30.6 Å². The molecule has 3 amide bonds. The maximum atomic E-state index is 13.6. The van der Waals surface area contributed by atoms with E-state index in [2.05, 4.69) is 15.6 Å². The van der Waals surface area contributed by atoms with Gasteiger partial charge in [0.15, 0.2) is 5.69 Å². The third-order valence-electron chi connectivity index (χ3n) is 7.02. The minimum absolute atomic E-state index is 0.0347. The SMILES string of the molecule is C[C@@]1(C(=O)NC2CCCC2)Cn2cnc(C(=O)Nc3cccc(C(F)(F)F)c3)c2C(=O)N1C1CC1. The fourth-order valence-corrected chi connectivity index (χ4v) is 5.10. The largest absolute Gasteiger partial charge is 0.416 e. The van der Waals surface area contributed by atoms with Crippen molar-refractivity contribution in [3.05, 3.63) is 47.5 Å². The van der Waals surface area contributed by atoms with Gasteiger partial charge in [-0.2, -0.15) is 13.2 Å². The van der Waals surface area contributed by atoms with Gasteiger partial charge in [0.2, 0.25) is 5.91 Å². The van der Waals surface area contributed by atoms with E-state index in [1.165, 1.54) is 23.0 Å². The zero-order valence-electron chi connectivity index (χ0n) is 19.2. The van der Waals surface area contributed by atoms with Gasteiger partial charge in [0.25, 0.3) is 11.8 Å². The summed E-state index contributed by atoms with van der Waals surface area (Å²) >= 11 is 0. The predicted octanol–water partition coefficient (Wildman–Crippen LogP) is 3.59. The number of hydrogen-bond donors (Lipinski definition) is 2. The molecule has 2 fully saturated rings. The lowest BCUT2D eigenvalue weighted by atomic mass is 9.93. The number of anilines is 1. The number of hydrogen-bond acceptors (Lipinski definition) is 4. The Bertz CT molecular complexity index is 1180. The van der Waals surface area contributed by atoms with Gasteiger partial charge in [0, 0.05) is 17.8 Å². The molecule has 8 nitrogen and oxygen atoms in total. The number of halogens is 3. The summed E-state index contributed by atoms with van der Waals surface area (Å²) in [6.45, 7) is 1.87. The molecular formula is C24H26F3N5O3. The van der Waals surface area contributed by atoms with Crippen molar-refractivity contribution in [3.63, 3.8) is 0 Å². The lowest BCUT2D eigenvalue weighted by Gasteiger charge is -2.44. The number of imidazole rings is 1. The Morgan fingerprint density at radius 2 is 1.86 bits per heavy atom. The molecule has 2 aliphatic carbocycles. The first-order chi connectivity index (χ1) is 16.6. The third kappa shape index (κ3) is 4.28. The molecule has 2 saturated carbocycles. The van der Waals surface area contributed by atoms with Crippen LogP contribution in [0.1, 0.15) is 72.0 Å². The molecule has 1 aromatic heterocycles. The van der Waals surface area contributed by atoms with Crippen LogP contribution >= 0.6 is 0 Å². The highest BCUT2D eigenvalue weighted by Gasteiger charge is 2.54. The molecule has 1 atom stereocenters. The van der Waals surface area contributed by atoms with Gasteiger partial charge in [-0.05, 0) is 50.8 Å². The lowest BCUT2D eigenvalue weighted by molar-refractivity contribution is -0.137. The monoisotopic (exact) mass is 489 g/mol. The van der Waals surface area contributed by atoms with Gasteiger partial charge in [-0.15, -0.1) is 0 Å². The number of carbonyl (C=O) groups excluding carboxylic acids is 3. The van der Waals surface area contributed by atoms with Crippen LogP contribution in [0.3, 0.4) is 0 Å². The van der Waals surface area contributed by atoms with E-state index in [4.69, 9.17) is 0 Å². The number of aromatic nitrogens is 2. The van der Waals surface area contributed by atoms with Gasteiger partial charge in [-0.3, -0.25) is 14.4 Å². The van der Waals surface area contributed by atoms with Gasteiger partial charge >= 0.3 is 6.18 Å². The van der Waals surface area contributed by atoms with Crippen molar-refractivity contribution in [2.45, 2.75) is 75.8 Å². The molecule has 0 bridgehead atoms. The maximum Gasteiger partial charge on any atom is 0.416 e. The van der Waals surface area contributed by atoms with E-state index in [9.17, 15) is 27.6 Å². The Kier molecular flexibility index (Phi) is 5.60. The first-order valence-corrected chi connectivity index (χ1v) is 11.8. The number of fused-ring (bicyclic) bond motifs is 1. The van der Waals surface area contributed by atoms with E-state index in [1.807, 2.05) is 0 Å². The Hall–Kier alpha value is -3.37. The Morgan fingerprint density at radius 3 is 2.51 bits per heavy atom. The summed E-state index contributed by atoms with van der Waals surface area (Å²) < 4.78 is 40.6. The highest BCUT2D eigenvalue weighted by atomic mass is 19.4. The molecule has 2 heterocycles. The quantitative estimate of drug-likeness (QED) is 0.671. The van der Waals surface area contributed by atoms with Crippen LogP contribution in [0.5, 0.6) is 0 Å². The summed E-state index contributed by atoms with van der Waals surface area (Å²) in [5.74, 6) is -1.49. The van der Waals surface area contributed by atoms with Gasteiger partial charge < -0.3 is 20.1 Å². The number of alkyl halides is 3. The first kappa shape index (κ1) is 23.4. The molecule has 2 aromatic rings. The molecule has 35 heavy (non-hydrogen) atoms. The number of nitrogens with one attached hydrogen (secondary N) is 2. The summed E-state index contributed by atoms with van der Waals surface area (Å²) in [6.07, 6.45) is 2.24. The highest BCUT2D eigenvalue weighted by Crippen LogP contribution is 2.39. The number of rotatable bonds is 5. The zero-order valence-corrected chi connectivity index (χ0v) is 19.2. The topological polar surface area (TPSA) is 96.3 Å². The van der Waals surface area contributed by atoms with Gasteiger partial charge in [-0.1, -0.05) is 18.9 Å². The van der Waals surface area contributed by atoms with Crippen molar-refractivity contribution in [2.75, 3.05) is 5.32 Å². The summed E-state index contributed by atoms with van der Waals surface area (Å²) in [5.41, 5.74) is -2.25. The second kappa shape index (κ2) is 8.39. The molecule has 2 N–H and O–H groups in total. The summed E-state index contributed by atoms with van der Waals surface area (Å²) in [4.78, 5) is 45.6. The van der Waals surface area contributed by atoms with Crippen molar-refractivity contribution < 1.29 is 27.6 Å². The molecule has 0 radical (unpaired) electrons. The number of carbonyl (C=O) groups is 3. The van der Waals surface area contributed by atoms with Crippen molar-refractivity contribution in [1.29, 1.82) is 0 Å². The molecule has 0 unspecified atom stereocenters. The van der Waals surface area contributed by atoms with E-state index in [1.54, 1.807) is 11.8 Å². The van der Waals surface area contributed by atoms with E-state index >= 15 is 0 Å². The maximum absolute atomic E-state index is 13.6. The van der Waals surface area contributed by atoms with E-state index in [0.717, 1.165) is 50.7 Å². The van der Waals surface area contributed by atoms with E-state index in [0.29, 0.717) is 0 Å². The standard InChI is InChI=1S/C24H26F3N5O3/c1-23(22(35)30-15-6-2-3-7-15)12-31-13-28-18(19(31)21(34)32(23)17-9-10-17)20(33)29-16-8-4-5-14(11-16)24(25,26)27/h4-5,8,11,13,15,17H,2-3,6-7,9-10,12H2,1H3,(H,29,33)(H,30,35)/t23-/m0/s1. The van der Waals surface area contributed by atoms with Crippen LogP contribution < -0.4 is 10.6 Å². The van der Waals surface area contributed by atoms with Gasteiger partial charge in [0.05, 0.1) is 18.4 Å². The normalized spacial score (nSPS) is 22.7. The summed E-state index contributed by atoms with van der Waals surface area (Å²) in [6, 6.07) is 4.23. The predicted molar refractivity (Wildman–Crippen MR) is 120 cm³/mol. The molecule has 1 aromatic carbocycles. The minimum Gasteiger partial charge on any atom is -0.351 e. The van der Waals surface area contributed by atoms with E-state index in [-0.39, 0.29) is 41.6 Å². The molecule has 1 aliphatic heterocycles. The second-order valence-corrected chi connectivity index (χ2v) is 9.74. The molecule has 11 heteroatoms. The smallest absolute Gasteiger partial charge is 0.351 e. The Labute approximate surface area is 199 Å². The highest BCUT2D eigenvalue weighted by molar-refractivity contribution is 6.11.